The summed E-state index contributed by atoms with van der Waals surface area (Å²) in [5.41, 5.74) is 9.73. The second-order valence-corrected chi connectivity index (χ2v) is 2.09. The molecule has 0 spiro atoms. The standard InChI is InChI=1S/C4H7N3O2/c5-3(8)7(1-2-7)4(6)9/h1-2H2,(H3-,5,6,8,9)/p+1. The van der Waals surface area contributed by atoms with Crippen LogP contribution in [0.15, 0.2) is 0 Å². The third-order valence-electron chi connectivity index (χ3n) is 1.51. The number of nitrogens with zero attached hydrogens (tertiary/aromatic N) is 1. The van der Waals surface area contributed by atoms with Crippen LogP contribution in [0.4, 0.5) is 9.59 Å². The van der Waals surface area contributed by atoms with Crippen LogP contribution >= 0.6 is 0 Å². The smallest absolute Gasteiger partial charge is 0.318 e. The highest BCUT2D eigenvalue weighted by Crippen LogP contribution is 2.19. The number of hydrogen-bond donors (Lipinski definition) is 2. The van der Waals surface area contributed by atoms with Crippen LogP contribution in [0.25, 0.3) is 0 Å². The molecule has 4 N–H and O–H groups in total. The highest BCUT2D eigenvalue weighted by Gasteiger charge is 2.55. The molecule has 0 aromatic rings. The summed E-state index contributed by atoms with van der Waals surface area (Å²) in [7, 11) is 0. The zero-order chi connectivity index (χ0) is 7.07. The fraction of sp³-hybridized carbons (Fsp3) is 0.500. The number of quaternary nitrogens is 1. The molecule has 1 heterocycles. The number of urea groups is 2. The molecule has 0 aliphatic carbocycles. The molecule has 1 saturated heterocycles. The van der Waals surface area contributed by atoms with Crippen LogP contribution in [-0.2, 0) is 0 Å². The van der Waals surface area contributed by atoms with Crippen molar-refractivity contribution in [2.45, 2.75) is 0 Å². The first-order chi connectivity index (χ1) is 4.09. The number of primary amides is 2. The molecule has 5 heteroatoms. The first kappa shape index (κ1) is 6.03. The van der Waals surface area contributed by atoms with Gasteiger partial charge in [-0.05, 0) is 0 Å². The minimum Gasteiger partial charge on any atom is -0.318 e. The van der Waals surface area contributed by atoms with E-state index in [1.165, 1.54) is 0 Å². The van der Waals surface area contributed by atoms with Crippen molar-refractivity contribution in [2.24, 2.45) is 11.5 Å². The number of nitrogens with two attached hydrogens (primary N) is 2. The topological polar surface area (TPSA) is 86.2 Å². The first-order valence-electron chi connectivity index (χ1n) is 2.57. The van der Waals surface area contributed by atoms with Gasteiger partial charge in [0.25, 0.3) is 0 Å². The Kier molecular flexibility index (Phi) is 0.967. The molecule has 0 aromatic heterocycles. The zero-order valence-corrected chi connectivity index (χ0v) is 4.83. The van der Waals surface area contributed by atoms with Crippen LogP contribution in [0.1, 0.15) is 0 Å². The molecule has 5 nitrogen and oxygen atoms in total. The Balaban J connectivity index is 2.75. The van der Waals surface area contributed by atoms with Crippen molar-refractivity contribution in [1.82, 2.24) is 0 Å². The van der Waals surface area contributed by atoms with Gasteiger partial charge < -0.3 is 11.5 Å². The van der Waals surface area contributed by atoms with E-state index >= 15 is 0 Å². The number of carbonyl (C=O) groups excluding carboxylic acids is 2. The summed E-state index contributed by atoms with van der Waals surface area (Å²) < 4.78 is -0.361. The zero-order valence-electron chi connectivity index (χ0n) is 4.83. The highest BCUT2D eigenvalue weighted by atomic mass is 16.2. The molecule has 9 heavy (non-hydrogen) atoms. The van der Waals surface area contributed by atoms with Crippen molar-refractivity contribution in [3.8, 4) is 0 Å². The second-order valence-electron chi connectivity index (χ2n) is 2.09. The van der Waals surface area contributed by atoms with Crippen LogP contribution < -0.4 is 11.5 Å². The van der Waals surface area contributed by atoms with Crippen molar-refractivity contribution < 1.29 is 14.1 Å². The maximum Gasteiger partial charge on any atom is 0.423 e. The summed E-state index contributed by atoms with van der Waals surface area (Å²) in [4.78, 5) is 20.8. The molecule has 0 bridgehead atoms. The molecule has 1 aliphatic heterocycles. The molecule has 1 aliphatic rings. The van der Waals surface area contributed by atoms with Gasteiger partial charge in [0.15, 0.2) is 0 Å². The van der Waals surface area contributed by atoms with E-state index in [1.54, 1.807) is 0 Å². The van der Waals surface area contributed by atoms with E-state index in [0.29, 0.717) is 13.1 Å². The highest BCUT2D eigenvalue weighted by molar-refractivity contribution is 5.82. The first-order valence-corrected chi connectivity index (χ1v) is 2.57. The quantitative estimate of drug-likeness (QED) is 0.324. The van der Waals surface area contributed by atoms with E-state index < -0.39 is 12.1 Å². The van der Waals surface area contributed by atoms with Gasteiger partial charge in [0.2, 0.25) is 0 Å². The summed E-state index contributed by atoms with van der Waals surface area (Å²) in [6, 6.07) is -1.30. The lowest BCUT2D eigenvalue weighted by Crippen LogP contribution is -2.46. The maximum atomic E-state index is 10.4. The normalized spacial score (nSPS) is 20.9. The predicted octanol–water partition coefficient (Wildman–Crippen LogP) is -1.03. The lowest BCUT2D eigenvalue weighted by molar-refractivity contribution is -0.615. The largest absolute Gasteiger partial charge is 0.423 e. The number of hydrogen-bond acceptors (Lipinski definition) is 2. The van der Waals surface area contributed by atoms with E-state index in [4.69, 9.17) is 11.5 Å². The lowest BCUT2D eigenvalue weighted by Gasteiger charge is -2.03. The van der Waals surface area contributed by atoms with E-state index in [9.17, 15) is 9.59 Å². The van der Waals surface area contributed by atoms with Gasteiger partial charge in [-0.25, -0.2) is 9.59 Å². The molecule has 1 fully saturated rings. The van der Waals surface area contributed by atoms with Crippen LogP contribution in [0.2, 0.25) is 0 Å². The van der Waals surface area contributed by atoms with Crippen LogP contribution in [0.5, 0.6) is 0 Å². The molecule has 0 atom stereocenters. The van der Waals surface area contributed by atoms with Gasteiger partial charge in [-0.2, -0.15) is 0 Å². The average molecular weight is 130 g/mol. The molecule has 0 aromatic carbocycles. The minimum absolute atomic E-state index is 0.361. The Morgan fingerprint density at radius 3 is 1.44 bits per heavy atom. The lowest BCUT2D eigenvalue weighted by atomic mass is 10.8. The van der Waals surface area contributed by atoms with Crippen LogP contribution in [0, 0.1) is 0 Å². The van der Waals surface area contributed by atoms with Crippen molar-refractivity contribution in [2.75, 3.05) is 13.1 Å². The van der Waals surface area contributed by atoms with Gasteiger partial charge in [-0.1, -0.05) is 0 Å². The summed E-state index contributed by atoms with van der Waals surface area (Å²) in [5, 5.41) is 0. The van der Waals surface area contributed by atoms with Gasteiger partial charge in [0, 0.05) is 0 Å². The van der Waals surface area contributed by atoms with E-state index in [0.717, 1.165) is 0 Å². The predicted molar refractivity (Wildman–Crippen MR) is 29.2 cm³/mol. The summed E-state index contributed by atoms with van der Waals surface area (Å²) >= 11 is 0. The SMILES string of the molecule is NC(=O)[N+]1(C(N)=O)CC1. The van der Waals surface area contributed by atoms with Crippen LogP contribution in [-0.4, -0.2) is 29.6 Å². The molecule has 0 radical (unpaired) electrons. The number of imide groups is 1. The molecular weight excluding hydrogens is 122 g/mol. The fourth-order valence-electron chi connectivity index (χ4n) is 0.649. The molecular formula is C4H8N3O2+. The maximum absolute atomic E-state index is 10.4. The Morgan fingerprint density at radius 1 is 1.11 bits per heavy atom. The molecule has 0 saturated carbocycles. The minimum atomic E-state index is -0.650. The van der Waals surface area contributed by atoms with Crippen molar-refractivity contribution in [1.29, 1.82) is 0 Å². The molecule has 50 valence electrons. The Morgan fingerprint density at radius 2 is 1.44 bits per heavy atom. The van der Waals surface area contributed by atoms with Gasteiger partial charge >= 0.3 is 12.1 Å². The van der Waals surface area contributed by atoms with Gasteiger partial charge in [-0.3, -0.25) is 0 Å². The average Bonchev–Trinajstić information content (AvgIpc) is 2.40. The van der Waals surface area contributed by atoms with E-state index in [2.05, 4.69) is 0 Å². The third-order valence-corrected chi connectivity index (χ3v) is 1.51. The number of amides is 4. The Labute approximate surface area is 51.8 Å². The van der Waals surface area contributed by atoms with Crippen molar-refractivity contribution >= 4 is 12.1 Å². The van der Waals surface area contributed by atoms with E-state index in [-0.39, 0.29) is 4.48 Å². The Bertz CT molecular complexity index is 157. The summed E-state index contributed by atoms with van der Waals surface area (Å²) in [6.45, 7) is 0.926. The molecule has 1 rings (SSSR count). The Hall–Kier alpha value is -1.10. The second kappa shape index (κ2) is 1.44. The van der Waals surface area contributed by atoms with Gasteiger partial charge in [0.05, 0.1) is 0 Å². The summed E-state index contributed by atoms with van der Waals surface area (Å²) in [5.74, 6) is 0. The van der Waals surface area contributed by atoms with Gasteiger partial charge in [-0.15, -0.1) is 4.48 Å². The van der Waals surface area contributed by atoms with Crippen LogP contribution in [0.3, 0.4) is 0 Å². The third kappa shape index (κ3) is 0.655. The summed E-state index contributed by atoms with van der Waals surface area (Å²) in [6.07, 6.45) is 0. The monoisotopic (exact) mass is 130 g/mol. The fourth-order valence-corrected chi connectivity index (χ4v) is 0.649. The van der Waals surface area contributed by atoms with E-state index in [1.807, 2.05) is 0 Å². The number of rotatable bonds is 0. The van der Waals surface area contributed by atoms with Crippen molar-refractivity contribution in [3.05, 3.63) is 0 Å². The number of carbonyl (C=O) groups is 2. The molecule has 4 amide bonds. The van der Waals surface area contributed by atoms with Gasteiger partial charge in [0.1, 0.15) is 13.1 Å². The van der Waals surface area contributed by atoms with Crippen molar-refractivity contribution in [3.63, 3.8) is 0 Å². The molecule has 0 unspecified atom stereocenters.